The number of piperidine rings is 3. The molecule has 14 heteroatoms. The van der Waals surface area contributed by atoms with Crippen molar-refractivity contribution in [3.8, 4) is 11.5 Å². The van der Waals surface area contributed by atoms with Gasteiger partial charge in [0.1, 0.15) is 12.1 Å². The number of carbonyl (C=O) groups excluding carboxylic acids is 2. The van der Waals surface area contributed by atoms with Crippen LogP contribution in [0.4, 0.5) is 21.6 Å². The van der Waals surface area contributed by atoms with Gasteiger partial charge in [-0.25, -0.2) is 14.4 Å². The molecule has 3 aromatic carbocycles. The fraction of sp³-hybridized carbons (Fsp3) is 0.463. The molecule has 3 unspecified atom stereocenters. The molecule has 4 saturated heterocycles. The van der Waals surface area contributed by atoms with Crippen LogP contribution in [0.3, 0.4) is 0 Å². The normalized spacial score (nSPS) is 25.6. The molecule has 1 saturated carbocycles. The molecule has 2 amide bonds. The highest BCUT2D eigenvalue weighted by atomic mass is 35.5. The Morgan fingerprint density at radius 2 is 1.73 bits per heavy atom. The molecule has 55 heavy (non-hydrogen) atoms. The number of carbonyl (C=O) groups is 2. The average molecular weight is 789 g/mol. The van der Waals surface area contributed by atoms with E-state index in [0.717, 1.165) is 58.4 Å². The third-order valence-electron chi connectivity index (χ3n) is 12.4. The molecule has 4 aromatic rings. The van der Waals surface area contributed by atoms with E-state index in [-0.39, 0.29) is 39.7 Å². The molecule has 0 radical (unpaired) electrons. The lowest BCUT2D eigenvalue weighted by atomic mass is 9.84. The zero-order chi connectivity index (χ0) is 37.8. The summed E-state index contributed by atoms with van der Waals surface area (Å²) in [5, 5.41) is 6.22. The molecular formula is C41H44Cl2FN7O4. The lowest BCUT2D eigenvalue weighted by molar-refractivity contribution is -0.137. The van der Waals surface area contributed by atoms with E-state index >= 15 is 0 Å². The maximum atomic E-state index is 14.9. The lowest BCUT2D eigenvalue weighted by Crippen LogP contribution is -2.63. The van der Waals surface area contributed by atoms with Crippen molar-refractivity contribution >= 4 is 63.1 Å². The summed E-state index contributed by atoms with van der Waals surface area (Å²) < 4.78 is 27.2. The van der Waals surface area contributed by atoms with Gasteiger partial charge in [-0.15, -0.1) is 0 Å². The van der Waals surface area contributed by atoms with Crippen LogP contribution in [0.2, 0.25) is 10.0 Å². The standard InChI is InChI=1S/C41H44Cl2FN7O4/c1-54-35-16-33-30(40(46-22-45-33)47-32-11-10-31(42)38(43)39(32)44)15-36(35)55-29-8-2-23(3-9-29)17-49-20-28-7-6-27(49)21-51(28)26-5-4-24-18-50(19-25(24)14-26)34-12-13-37(52)48-41(34)53/h4-5,10-11,14-16,22-23,27-29,34H,2-3,6-9,12-13,17-21H2,1H3,(H,45,46,47)(H,48,52,53). The van der Waals surface area contributed by atoms with Gasteiger partial charge in [0.15, 0.2) is 17.3 Å². The van der Waals surface area contributed by atoms with E-state index in [0.29, 0.717) is 59.1 Å². The largest absolute Gasteiger partial charge is 0.493 e. The molecule has 3 atom stereocenters. The number of anilines is 3. The number of ether oxygens (including phenoxy) is 2. The van der Waals surface area contributed by atoms with Crippen LogP contribution in [0.15, 0.2) is 48.8 Å². The van der Waals surface area contributed by atoms with E-state index in [1.165, 1.54) is 48.1 Å². The number of hydrogen-bond donors (Lipinski definition) is 2. The van der Waals surface area contributed by atoms with Gasteiger partial charge < -0.3 is 19.7 Å². The smallest absolute Gasteiger partial charge is 0.243 e. The number of rotatable bonds is 9. The number of aromatic nitrogens is 2. The molecule has 288 valence electrons. The van der Waals surface area contributed by atoms with Crippen LogP contribution in [0, 0.1) is 11.7 Å². The number of benzene rings is 3. The van der Waals surface area contributed by atoms with Crippen molar-refractivity contribution in [3.63, 3.8) is 0 Å². The van der Waals surface area contributed by atoms with Crippen LogP contribution < -0.4 is 25.0 Å². The molecule has 2 N–H and O–H groups in total. The van der Waals surface area contributed by atoms with Crippen LogP contribution in [0.25, 0.3) is 10.9 Å². The Morgan fingerprint density at radius 3 is 2.51 bits per heavy atom. The van der Waals surface area contributed by atoms with E-state index in [1.54, 1.807) is 7.11 Å². The van der Waals surface area contributed by atoms with Crippen LogP contribution in [-0.2, 0) is 22.7 Å². The second-order valence-electron chi connectivity index (χ2n) is 15.7. The van der Waals surface area contributed by atoms with E-state index in [4.69, 9.17) is 32.7 Å². The van der Waals surface area contributed by atoms with Gasteiger partial charge in [0.2, 0.25) is 11.8 Å². The summed E-state index contributed by atoms with van der Waals surface area (Å²) in [7, 11) is 1.62. The number of nitrogens with one attached hydrogen (secondary N) is 2. The minimum Gasteiger partial charge on any atom is -0.493 e. The van der Waals surface area contributed by atoms with Gasteiger partial charge in [-0.3, -0.25) is 24.7 Å². The number of halogens is 3. The lowest BCUT2D eigenvalue weighted by Gasteiger charge is -2.53. The zero-order valence-electron chi connectivity index (χ0n) is 30.7. The van der Waals surface area contributed by atoms with Gasteiger partial charge in [0, 0.05) is 68.4 Å². The molecule has 1 aromatic heterocycles. The van der Waals surface area contributed by atoms with Crippen molar-refractivity contribution < 1.29 is 23.5 Å². The Balaban J connectivity index is 0.806. The van der Waals surface area contributed by atoms with E-state index < -0.39 is 5.82 Å². The summed E-state index contributed by atoms with van der Waals surface area (Å²) >= 11 is 12.1. The topological polar surface area (TPSA) is 112 Å². The zero-order valence-corrected chi connectivity index (χ0v) is 32.2. The van der Waals surface area contributed by atoms with E-state index in [1.807, 2.05) is 12.1 Å². The summed E-state index contributed by atoms with van der Waals surface area (Å²) in [6, 6.07) is 14.4. The minimum atomic E-state index is -0.655. The molecule has 2 bridgehead atoms. The summed E-state index contributed by atoms with van der Waals surface area (Å²) in [6.45, 7) is 4.74. The molecule has 1 aliphatic carbocycles. The Bertz CT molecular complexity index is 2150. The number of methoxy groups -OCH3 is 1. The van der Waals surface area contributed by atoms with Gasteiger partial charge in [0.25, 0.3) is 0 Å². The predicted molar refractivity (Wildman–Crippen MR) is 210 cm³/mol. The van der Waals surface area contributed by atoms with E-state index in [9.17, 15) is 14.0 Å². The van der Waals surface area contributed by atoms with E-state index in [2.05, 4.69) is 53.5 Å². The van der Waals surface area contributed by atoms with Crippen molar-refractivity contribution in [2.75, 3.05) is 37.0 Å². The molecule has 6 aliphatic rings. The Hall–Kier alpha value is -4.23. The fourth-order valence-electron chi connectivity index (χ4n) is 9.40. The molecule has 10 rings (SSSR count). The Labute approximate surface area is 329 Å². The number of hydrogen-bond acceptors (Lipinski definition) is 10. The number of nitrogens with zero attached hydrogens (tertiary/aromatic N) is 5. The third kappa shape index (κ3) is 7.18. The summed E-state index contributed by atoms with van der Waals surface area (Å²) in [5.74, 6) is 1.24. The van der Waals surface area contributed by atoms with Gasteiger partial charge >= 0.3 is 0 Å². The summed E-state index contributed by atoms with van der Waals surface area (Å²) in [5.41, 5.74) is 4.65. The van der Waals surface area contributed by atoms with Crippen molar-refractivity contribution in [1.82, 2.24) is 25.1 Å². The van der Waals surface area contributed by atoms with Crippen molar-refractivity contribution in [2.45, 2.75) is 88.7 Å². The SMILES string of the molecule is COc1cc2ncnc(Nc3ccc(Cl)c(Cl)c3F)c2cc1OC1CCC(CN2CC3CCC2CN3c2ccc3c(c2)CN(C2CCC(=O)NC2=O)C3)CC1. The molecule has 6 heterocycles. The first-order valence-electron chi connectivity index (χ1n) is 19.3. The second kappa shape index (κ2) is 15.0. The van der Waals surface area contributed by atoms with Crippen molar-refractivity contribution in [1.29, 1.82) is 0 Å². The molecule has 11 nitrogen and oxygen atoms in total. The summed E-state index contributed by atoms with van der Waals surface area (Å²) in [4.78, 5) is 40.6. The number of imide groups is 1. The highest BCUT2D eigenvalue weighted by molar-refractivity contribution is 6.42. The Kier molecular flexibility index (Phi) is 9.95. The van der Waals surface area contributed by atoms with Crippen LogP contribution in [0.1, 0.15) is 62.5 Å². The predicted octanol–water partition coefficient (Wildman–Crippen LogP) is 7.24. The van der Waals surface area contributed by atoms with Crippen LogP contribution in [-0.4, -0.2) is 82.6 Å². The highest BCUT2D eigenvalue weighted by Gasteiger charge is 2.41. The van der Waals surface area contributed by atoms with Crippen molar-refractivity contribution in [3.05, 3.63) is 75.8 Å². The summed E-state index contributed by atoms with van der Waals surface area (Å²) in [6.07, 6.45) is 9.00. The average Bonchev–Trinajstić information content (AvgIpc) is 3.62. The van der Waals surface area contributed by atoms with Gasteiger partial charge in [-0.1, -0.05) is 29.3 Å². The number of amides is 2. The monoisotopic (exact) mass is 787 g/mol. The second-order valence-corrected chi connectivity index (χ2v) is 16.5. The third-order valence-corrected chi connectivity index (χ3v) is 13.1. The Morgan fingerprint density at radius 1 is 0.909 bits per heavy atom. The molecule has 5 fully saturated rings. The first kappa shape index (κ1) is 36.4. The van der Waals surface area contributed by atoms with Crippen LogP contribution in [0.5, 0.6) is 11.5 Å². The maximum absolute atomic E-state index is 14.9. The number of fused-ring (bicyclic) bond motifs is 5. The maximum Gasteiger partial charge on any atom is 0.243 e. The minimum absolute atomic E-state index is 0.0511. The van der Waals surface area contributed by atoms with Gasteiger partial charge in [-0.05, 0) is 92.3 Å². The first-order chi connectivity index (χ1) is 26.7. The van der Waals surface area contributed by atoms with Gasteiger partial charge in [0.05, 0.1) is 40.5 Å². The molecule has 0 spiro atoms. The number of piperazine rings is 1. The van der Waals surface area contributed by atoms with Gasteiger partial charge in [-0.2, -0.15) is 0 Å². The van der Waals surface area contributed by atoms with Crippen molar-refractivity contribution in [2.24, 2.45) is 5.92 Å². The molecule has 5 aliphatic heterocycles. The first-order valence-corrected chi connectivity index (χ1v) is 20.1. The van der Waals surface area contributed by atoms with Crippen LogP contribution >= 0.6 is 23.2 Å². The quantitative estimate of drug-likeness (QED) is 0.133. The molecular weight excluding hydrogens is 744 g/mol. The highest BCUT2D eigenvalue weighted by Crippen LogP contribution is 2.41. The fourth-order valence-corrected chi connectivity index (χ4v) is 9.71.